The van der Waals surface area contributed by atoms with Crippen molar-refractivity contribution in [2.24, 2.45) is 0 Å². The van der Waals surface area contributed by atoms with E-state index in [2.05, 4.69) is 0 Å². The van der Waals surface area contributed by atoms with Crippen molar-refractivity contribution in [3.63, 3.8) is 0 Å². The van der Waals surface area contributed by atoms with Gasteiger partial charge in [-0.15, -0.1) is 0 Å². The number of hydrogen-bond donors (Lipinski definition) is 2. The summed E-state index contributed by atoms with van der Waals surface area (Å²) in [5, 5.41) is 17.9. The van der Waals surface area contributed by atoms with Crippen LogP contribution in [0, 0.1) is 0 Å². The zero-order chi connectivity index (χ0) is 15.1. The van der Waals surface area contributed by atoms with Crippen LogP contribution in [0.15, 0.2) is 46.2 Å². The summed E-state index contributed by atoms with van der Waals surface area (Å²) in [7, 11) is -1.70. The number of carboxylic acids is 2. The molecule has 1 aliphatic rings. The first-order valence-electron chi connectivity index (χ1n) is 5.81. The zero-order valence-corrected chi connectivity index (χ0v) is 11.2. The Morgan fingerprint density at radius 1 is 0.857 bits per heavy atom. The second-order valence-corrected chi connectivity index (χ2v) is 5.72. The highest BCUT2D eigenvalue weighted by Gasteiger charge is 2.26. The van der Waals surface area contributed by atoms with Crippen LogP contribution >= 0.6 is 0 Å². The normalized spacial score (nSPS) is 13.0. The third kappa shape index (κ3) is 2.17. The maximum absolute atomic E-state index is 12.5. The first-order valence-corrected chi connectivity index (χ1v) is 6.96. The molecular weight excluding hydrogens is 296 g/mol. The molecule has 0 bridgehead atoms. The summed E-state index contributed by atoms with van der Waals surface area (Å²) in [6, 6.07) is 8.12. The number of ether oxygens (including phenoxy) is 1. The first kappa shape index (κ1) is 13.3. The van der Waals surface area contributed by atoms with Crippen molar-refractivity contribution in [1.29, 1.82) is 0 Å². The summed E-state index contributed by atoms with van der Waals surface area (Å²) >= 11 is 0. The Labute approximate surface area is 121 Å². The Bertz CT molecular complexity index is 746. The highest BCUT2D eigenvalue weighted by atomic mass is 32.2. The van der Waals surface area contributed by atoms with Crippen LogP contribution in [0.2, 0.25) is 0 Å². The number of carboxylic acid groups (broad SMARTS) is 2. The molecule has 0 amide bonds. The number of fused-ring (bicyclic) bond motifs is 2. The fourth-order valence-electron chi connectivity index (χ4n) is 1.98. The molecule has 6 nitrogen and oxygen atoms in total. The number of benzene rings is 2. The van der Waals surface area contributed by atoms with Gasteiger partial charge in [0.1, 0.15) is 11.5 Å². The van der Waals surface area contributed by atoms with Gasteiger partial charge in [-0.2, -0.15) is 0 Å². The van der Waals surface area contributed by atoms with Crippen molar-refractivity contribution in [1.82, 2.24) is 0 Å². The van der Waals surface area contributed by atoms with Crippen LogP contribution in [0.25, 0.3) is 0 Å². The molecule has 1 aliphatic heterocycles. The van der Waals surface area contributed by atoms with Crippen molar-refractivity contribution >= 4 is 22.7 Å². The van der Waals surface area contributed by atoms with Gasteiger partial charge >= 0.3 is 11.9 Å². The summed E-state index contributed by atoms with van der Waals surface area (Å²) in [6.45, 7) is 0. The van der Waals surface area contributed by atoms with Gasteiger partial charge in [-0.3, -0.25) is 0 Å². The Balaban J connectivity index is 2.14. The Morgan fingerprint density at radius 2 is 1.29 bits per heavy atom. The lowest BCUT2D eigenvalue weighted by atomic mass is 10.2. The number of aromatic carboxylic acids is 2. The Kier molecular flexibility index (Phi) is 2.99. The minimum absolute atomic E-state index is 0.0106. The second kappa shape index (κ2) is 4.71. The molecule has 106 valence electrons. The smallest absolute Gasteiger partial charge is 0.335 e. The van der Waals surface area contributed by atoms with E-state index in [1.54, 1.807) is 0 Å². The molecule has 0 aliphatic carbocycles. The molecule has 0 atom stereocenters. The quantitative estimate of drug-likeness (QED) is 0.753. The van der Waals surface area contributed by atoms with E-state index >= 15 is 0 Å². The highest BCUT2D eigenvalue weighted by Crippen LogP contribution is 2.40. The molecule has 0 fully saturated rings. The third-order valence-corrected chi connectivity index (χ3v) is 4.44. The van der Waals surface area contributed by atoms with Gasteiger partial charge < -0.3 is 14.9 Å². The van der Waals surface area contributed by atoms with Crippen LogP contribution in [0.3, 0.4) is 0 Å². The average Bonchev–Trinajstić information content (AvgIpc) is 2.46. The van der Waals surface area contributed by atoms with Gasteiger partial charge in [0.25, 0.3) is 0 Å². The van der Waals surface area contributed by atoms with E-state index in [-0.39, 0.29) is 20.9 Å². The molecular formula is C14H8O6S. The summed E-state index contributed by atoms with van der Waals surface area (Å²) < 4.78 is 18.0. The minimum Gasteiger partial charge on any atom is -0.478 e. The Morgan fingerprint density at radius 3 is 1.67 bits per heavy atom. The van der Waals surface area contributed by atoms with Gasteiger partial charge in [0.05, 0.1) is 31.7 Å². The van der Waals surface area contributed by atoms with Gasteiger partial charge in [-0.25, -0.2) is 13.8 Å². The SMILES string of the molecule is O=C(O)c1ccc2c(c1)S(=O)c1cc(C(=O)O)ccc1O2. The highest BCUT2D eigenvalue weighted by molar-refractivity contribution is 7.85. The lowest BCUT2D eigenvalue weighted by molar-refractivity contribution is 0.0686. The summed E-state index contributed by atoms with van der Waals surface area (Å²) in [4.78, 5) is 22.4. The predicted octanol–water partition coefficient (Wildman–Crippen LogP) is 2.36. The molecule has 0 saturated carbocycles. The molecule has 0 saturated heterocycles. The molecule has 2 aromatic carbocycles. The molecule has 0 spiro atoms. The fraction of sp³-hybridized carbons (Fsp3) is 0. The van der Waals surface area contributed by atoms with E-state index in [0.29, 0.717) is 11.5 Å². The van der Waals surface area contributed by atoms with E-state index in [0.717, 1.165) is 0 Å². The van der Waals surface area contributed by atoms with Crippen LogP contribution in [0.5, 0.6) is 11.5 Å². The predicted molar refractivity (Wildman–Crippen MR) is 71.6 cm³/mol. The lowest BCUT2D eigenvalue weighted by Gasteiger charge is -2.20. The monoisotopic (exact) mass is 304 g/mol. The maximum Gasteiger partial charge on any atom is 0.335 e. The molecule has 0 radical (unpaired) electrons. The molecule has 7 heteroatoms. The third-order valence-electron chi connectivity index (χ3n) is 3.00. The number of rotatable bonds is 2. The van der Waals surface area contributed by atoms with Crippen molar-refractivity contribution < 1.29 is 28.7 Å². The molecule has 0 unspecified atom stereocenters. The standard InChI is InChI=1S/C14H8O6S/c15-13(16)7-1-3-9-11(5-7)21(19)12-6-8(14(17)18)2-4-10(12)20-9/h1-6H,(H,15,16)(H,17,18). The zero-order valence-electron chi connectivity index (χ0n) is 10.4. The van der Waals surface area contributed by atoms with Gasteiger partial charge in [0.15, 0.2) is 0 Å². The second-order valence-electron chi connectivity index (χ2n) is 4.30. The van der Waals surface area contributed by atoms with Crippen LogP contribution in [-0.4, -0.2) is 26.4 Å². The maximum atomic E-state index is 12.5. The Hall–Kier alpha value is -2.67. The molecule has 2 N–H and O–H groups in total. The average molecular weight is 304 g/mol. The van der Waals surface area contributed by atoms with E-state index in [4.69, 9.17) is 14.9 Å². The van der Waals surface area contributed by atoms with E-state index in [9.17, 15) is 13.8 Å². The fourth-order valence-corrected chi connectivity index (χ4v) is 3.27. The topological polar surface area (TPSA) is 101 Å². The van der Waals surface area contributed by atoms with Crippen molar-refractivity contribution in [2.75, 3.05) is 0 Å². The van der Waals surface area contributed by atoms with Crippen LogP contribution in [-0.2, 0) is 10.8 Å². The number of carbonyl (C=O) groups is 2. The number of hydrogen-bond acceptors (Lipinski definition) is 4. The first-order chi connectivity index (χ1) is 9.97. The summed E-state index contributed by atoms with van der Waals surface area (Å²) in [6.07, 6.45) is 0. The van der Waals surface area contributed by atoms with Gasteiger partial charge in [0.2, 0.25) is 0 Å². The van der Waals surface area contributed by atoms with Crippen molar-refractivity contribution in [3.05, 3.63) is 47.5 Å². The van der Waals surface area contributed by atoms with Crippen LogP contribution < -0.4 is 4.74 Å². The van der Waals surface area contributed by atoms with Crippen LogP contribution in [0.4, 0.5) is 0 Å². The molecule has 21 heavy (non-hydrogen) atoms. The van der Waals surface area contributed by atoms with E-state index in [1.807, 2.05) is 0 Å². The minimum atomic E-state index is -1.70. The molecule has 1 heterocycles. The van der Waals surface area contributed by atoms with Crippen molar-refractivity contribution in [2.45, 2.75) is 9.79 Å². The lowest BCUT2D eigenvalue weighted by Crippen LogP contribution is -2.09. The summed E-state index contributed by atoms with van der Waals surface area (Å²) in [5.41, 5.74) is -0.0212. The molecule has 2 aromatic rings. The van der Waals surface area contributed by atoms with E-state index < -0.39 is 22.7 Å². The largest absolute Gasteiger partial charge is 0.478 e. The molecule has 3 rings (SSSR count). The van der Waals surface area contributed by atoms with Crippen molar-refractivity contribution in [3.8, 4) is 11.5 Å². The van der Waals surface area contributed by atoms with Gasteiger partial charge in [-0.1, -0.05) is 0 Å². The van der Waals surface area contributed by atoms with Crippen LogP contribution in [0.1, 0.15) is 20.7 Å². The van der Waals surface area contributed by atoms with Gasteiger partial charge in [-0.05, 0) is 36.4 Å². The van der Waals surface area contributed by atoms with Gasteiger partial charge in [0, 0.05) is 0 Å². The summed E-state index contributed by atoms with van der Waals surface area (Å²) in [5.74, 6) is -1.68. The molecule has 0 aromatic heterocycles. The van der Waals surface area contributed by atoms with E-state index in [1.165, 1.54) is 36.4 Å².